The first kappa shape index (κ1) is 17.5. The van der Waals surface area contributed by atoms with Gasteiger partial charge in [0.2, 0.25) is 0 Å². The Labute approximate surface area is 146 Å². The van der Waals surface area contributed by atoms with E-state index in [1.807, 2.05) is 0 Å². The van der Waals surface area contributed by atoms with Crippen molar-refractivity contribution in [2.24, 2.45) is 17.8 Å². The van der Waals surface area contributed by atoms with Crippen LogP contribution in [0.15, 0.2) is 18.2 Å². The lowest BCUT2D eigenvalue weighted by molar-refractivity contribution is -0.135. The van der Waals surface area contributed by atoms with Crippen molar-refractivity contribution in [2.45, 2.75) is 32.1 Å². The number of carbonyl (C=O) groups excluding carboxylic acids is 3. The molecule has 2 aliphatic carbocycles. The minimum Gasteiger partial charge on any atom is -0.465 e. The second-order valence-corrected chi connectivity index (χ2v) is 6.84. The van der Waals surface area contributed by atoms with Crippen LogP contribution in [-0.2, 0) is 14.3 Å². The first-order chi connectivity index (χ1) is 12.0. The van der Waals surface area contributed by atoms with E-state index in [4.69, 9.17) is 4.74 Å². The van der Waals surface area contributed by atoms with Gasteiger partial charge in [0.25, 0.3) is 0 Å². The average Bonchev–Trinajstić information content (AvgIpc) is 3.22. The zero-order valence-corrected chi connectivity index (χ0v) is 14.4. The summed E-state index contributed by atoms with van der Waals surface area (Å²) in [5.41, 5.74) is 0.265. The molecular weight excluding hydrogens is 324 g/mol. The summed E-state index contributed by atoms with van der Waals surface area (Å²) in [5.74, 6) is 0.357. The lowest BCUT2D eigenvalue weighted by Crippen LogP contribution is -2.19. The van der Waals surface area contributed by atoms with Crippen LogP contribution in [0.25, 0.3) is 0 Å². The maximum atomic E-state index is 12.3. The monoisotopic (exact) mass is 346 g/mol. The Balaban J connectivity index is 1.72. The summed E-state index contributed by atoms with van der Waals surface area (Å²) in [5, 5.41) is 0. The molecule has 2 aliphatic rings. The molecule has 6 nitrogen and oxygen atoms in total. The van der Waals surface area contributed by atoms with E-state index >= 15 is 0 Å². The minimum atomic E-state index is -0.615. The number of fused-ring (bicyclic) bond motifs is 2. The molecule has 0 amide bonds. The van der Waals surface area contributed by atoms with Crippen molar-refractivity contribution in [1.29, 1.82) is 0 Å². The molecule has 0 aromatic heterocycles. The zero-order chi connectivity index (χ0) is 18.0. The van der Waals surface area contributed by atoms with Crippen molar-refractivity contribution >= 4 is 17.9 Å². The molecule has 0 heterocycles. The lowest BCUT2D eigenvalue weighted by atomic mass is 9.86. The lowest BCUT2D eigenvalue weighted by Gasteiger charge is -2.20. The van der Waals surface area contributed by atoms with Gasteiger partial charge in [0.1, 0.15) is 5.75 Å². The molecule has 0 saturated heterocycles. The second kappa shape index (κ2) is 7.25. The molecule has 1 aromatic carbocycles. The van der Waals surface area contributed by atoms with Crippen molar-refractivity contribution in [3.8, 4) is 5.75 Å². The van der Waals surface area contributed by atoms with Gasteiger partial charge in [0.15, 0.2) is 0 Å². The number of methoxy groups -OCH3 is 2. The van der Waals surface area contributed by atoms with Gasteiger partial charge in [0.05, 0.1) is 25.3 Å². The molecular formula is C19H22O6. The average molecular weight is 346 g/mol. The maximum absolute atomic E-state index is 12.3. The van der Waals surface area contributed by atoms with Crippen molar-refractivity contribution < 1.29 is 28.6 Å². The highest BCUT2D eigenvalue weighted by atomic mass is 16.5. The van der Waals surface area contributed by atoms with Gasteiger partial charge in [-0.25, -0.2) is 9.59 Å². The van der Waals surface area contributed by atoms with Gasteiger partial charge >= 0.3 is 17.9 Å². The van der Waals surface area contributed by atoms with Crippen LogP contribution in [0.2, 0.25) is 0 Å². The van der Waals surface area contributed by atoms with Crippen LogP contribution in [-0.4, -0.2) is 32.1 Å². The Morgan fingerprint density at radius 3 is 2.08 bits per heavy atom. The van der Waals surface area contributed by atoms with Crippen LogP contribution >= 0.6 is 0 Å². The minimum absolute atomic E-state index is 0.133. The molecule has 2 saturated carbocycles. The second-order valence-electron chi connectivity index (χ2n) is 6.84. The van der Waals surface area contributed by atoms with E-state index in [1.165, 1.54) is 51.7 Å². The van der Waals surface area contributed by atoms with E-state index < -0.39 is 11.9 Å². The van der Waals surface area contributed by atoms with Crippen LogP contribution in [0.4, 0.5) is 0 Å². The third-order valence-electron chi connectivity index (χ3n) is 5.29. The van der Waals surface area contributed by atoms with Crippen molar-refractivity contribution in [2.75, 3.05) is 14.2 Å². The molecule has 0 spiro atoms. The Morgan fingerprint density at radius 1 is 0.960 bits per heavy atom. The Kier molecular flexibility index (Phi) is 5.06. The van der Waals surface area contributed by atoms with Gasteiger partial charge in [-0.1, -0.05) is 6.42 Å². The molecule has 6 heteroatoms. The highest BCUT2D eigenvalue weighted by Gasteiger charge is 2.40. The standard InChI is InChI=1S/C19H22O6/c1-23-18(21)14-7-15(19(22)24-2)9-16(8-14)25-17(20)10-13-6-11-3-4-12(13)5-11/h7-9,11-13H,3-6,10H2,1-2H3. The number of carbonyl (C=O) groups is 3. The smallest absolute Gasteiger partial charge is 0.338 e. The number of hydrogen-bond donors (Lipinski definition) is 0. The van der Waals surface area contributed by atoms with E-state index in [0.29, 0.717) is 18.3 Å². The van der Waals surface area contributed by atoms with E-state index in [9.17, 15) is 14.4 Å². The number of hydrogen-bond acceptors (Lipinski definition) is 6. The molecule has 1 aromatic rings. The van der Waals surface area contributed by atoms with Crippen LogP contribution in [0.1, 0.15) is 52.8 Å². The third kappa shape index (κ3) is 3.83. The van der Waals surface area contributed by atoms with Crippen LogP contribution in [0.3, 0.4) is 0 Å². The van der Waals surface area contributed by atoms with E-state index in [-0.39, 0.29) is 22.8 Å². The molecule has 2 bridgehead atoms. The predicted molar refractivity (Wildman–Crippen MR) is 88.3 cm³/mol. The number of benzene rings is 1. The largest absolute Gasteiger partial charge is 0.465 e. The molecule has 0 N–H and O–H groups in total. The van der Waals surface area contributed by atoms with Crippen LogP contribution in [0, 0.1) is 17.8 Å². The maximum Gasteiger partial charge on any atom is 0.338 e. The molecule has 0 radical (unpaired) electrons. The van der Waals surface area contributed by atoms with Gasteiger partial charge in [-0.3, -0.25) is 4.79 Å². The van der Waals surface area contributed by atoms with Gasteiger partial charge in [-0.2, -0.15) is 0 Å². The van der Waals surface area contributed by atoms with Crippen LogP contribution in [0.5, 0.6) is 5.75 Å². The third-order valence-corrected chi connectivity index (χ3v) is 5.29. The topological polar surface area (TPSA) is 78.9 Å². The first-order valence-corrected chi connectivity index (χ1v) is 8.52. The van der Waals surface area contributed by atoms with Crippen LogP contribution < -0.4 is 4.74 Å². The molecule has 3 rings (SSSR count). The molecule has 134 valence electrons. The molecule has 3 unspecified atom stereocenters. The number of rotatable bonds is 5. The quantitative estimate of drug-likeness (QED) is 0.602. The molecule has 25 heavy (non-hydrogen) atoms. The Hall–Kier alpha value is -2.37. The van der Waals surface area contributed by atoms with E-state index in [0.717, 1.165) is 12.3 Å². The van der Waals surface area contributed by atoms with Gasteiger partial charge in [-0.15, -0.1) is 0 Å². The van der Waals surface area contributed by atoms with Gasteiger partial charge in [-0.05, 0) is 55.2 Å². The Bertz CT molecular complexity index is 661. The highest BCUT2D eigenvalue weighted by Crippen LogP contribution is 2.49. The van der Waals surface area contributed by atoms with E-state index in [1.54, 1.807) is 0 Å². The highest BCUT2D eigenvalue weighted by molar-refractivity contribution is 5.96. The van der Waals surface area contributed by atoms with Crippen molar-refractivity contribution in [1.82, 2.24) is 0 Å². The fourth-order valence-corrected chi connectivity index (χ4v) is 4.14. The van der Waals surface area contributed by atoms with Crippen molar-refractivity contribution in [3.63, 3.8) is 0 Å². The number of ether oxygens (including phenoxy) is 3. The number of esters is 3. The molecule has 3 atom stereocenters. The summed E-state index contributed by atoms with van der Waals surface area (Å²) in [4.78, 5) is 35.8. The first-order valence-electron chi connectivity index (χ1n) is 8.52. The predicted octanol–water partition coefficient (Wildman–Crippen LogP) is 2.99. The fourth-order valence-electron chi connectivity index (χ4n) is 4.14. The summed E-state index contributed by atoms with van der Waals surface area (Å²) in [6.45, 7) is 0. The summed E-state index contributed by atoms with van der Waals surface area (Å²) < 4.78 is 14.7. The normalized spacial score (nSPS) is 24.0. The van der Waals surface area contributed by atoms with Gasteiger partial charge < -0.3 is 14.2 Å². The fraction of sp³-hybridized carbons (Fsp3) is 0.526. The summed E-state index contributed by atoms with van der Waals surface area (Å²) in [7, 11) is 2.49. The molecule has 0 aliphatic heterocycles. The summed E-state index contributed by atoms with van der Waals surface area (Å²) in [6.07, 6.45) is 5.17. The summed E-state index contributed by atoms with van der Waals surface area (Å²) in [6, 6.07) is 4.15. The SMILES string of the molecule is COC(=O)c1cc(OC(=O)CC2CC3CCC2C3)cc(C(=O)OC)c1. The van der Waals surface area contributed by atoms with E-state index in [2.05, 4.69) is 9.47 Å². The zero-order valence-electron chi connectivity index (χ0n) is 14.4. The molecule has 2 fully saturated rings. The van der Waals surface area contributed by atoms with Crippen molar-refractivity contribution in [3.05, 3.63) is 29.3 Å². The Morgan fingerprint density at radius 2 is 1.60 bits per heavy atom. The van der Waals surface area contributed by atoms with Gasteiger partial charge in [0, 0.05) is 6.42 Å². The summed E-state index contributed by atoms with van der Waals surface area (Å²) >= 11 is 0.